The van der Waals surface area contributed by atoms with E-state index in [2.05, 4.69) is 33.1 Å². The number of benzene rings is 2. The Labute approximate surface area is 214 Å². The largest absolute Gasteiger partial charge is 0.392 e. The summed E-state index contributed by atoms with van der Waals surface area (Å²) in [5.74, 6) is 0.727. The van der Waals surface area contributed by atoms with Gasteiger partial charge >= 0.3 is 6.03 Å². The highest BCUT2D eigenvalue weighted by Gasteiger charge is 2.38. The van der Waals surface area contributed by atoms with Crippen LogP contribution in [0, 0.1) is 5.92 Å². The average molecular weight is 513 g/mol. The number of ether oxygens (including phenoxy) is 2. The summed E-state index contributed by atoms with van der Waals surface area (Å²) in [6.45, 7) is 5.01. The smallest absolute Gasteiger partial charge is 0.315 e. The maximum absolute atomic E-state index is 11.7. The number of amides is 2. The maximum atomic E-state index is 11.7. The minimum absolute atomic E-state index is 0.000591. The van der Waals surface area contributed by atoms with Crippen LogP contribution in [0.3, 0.4) is 0 Å². The first-order valence-electron chi connectivity index (χ1n) is 11.9. The highest BCUT2D eigenvalue weighted by atomic mass is 32.2. The predicted molar refractivity (Wildman–Crippen MR) is 135 cm³/mol. The van der Waals surface area contributed by atoms with Crippen molar-refractivity contribution in [3.63, 3.8) is 0 Å². The normalized spacial score (nSPS) is 21.8. The number of aromatic nitrogens is 4. The molecule has 0 aliphatic carbocycles. The molecule has 0 spiro atoms. The number of aliphatic hydroxyl groups is 1. The molecular formula is C25H32N6O4S. The molecule has 0 saturated carbocycles. The molecule has 4 rings (SSSR count). The molecule has 1 aromatic heterocycles. The Morgan fingerprint density at radius 1 is 1.06 bits per heavy atom. The molecule has 4 atom stereocenters. The van der Waals surface area contributed by atoms with Crippen LogP contribution in [0.25, 0.3) is 0 Å². The highest BCUT2D eigenvalue weighted by molar-refractivity contribution is 7.99. The summed E-state index contributed by atoms with van der Waals surface area (Å²) >= 11 is 1.55. The van der Waals surface area contributed by atoms with Gasteiger partial charge in [0, 0.05) is 37.4 Å². The van der Waals surface area contributed by atoms with Gasteiger partial charge in [-0.2, -0.15) is 0 Å². The minimum atomic E-state index is -0.558. The van der Waals surface area contributed by atoms with Crippen molar-refractivity contribution in [2.45, 2.75) is 50.7 Å². The van der Waals surface area contributed by atoms with Gasteiger partial charge in [0.25, 0.3) is 0 Å². The van der Waals surface area contributed by atoms with Gasteiger partial charge in [-0.3, -0.25) is 0 Å². The zero-order valence-corrected chi connectivity index (χ0v) is 21.4. The van der Waals surface area contributed by atoms with E-state index in [4.69, 9.17) is 9.47 Å². The molecule has 4 unspecified atom stereocenters. The predicted octanol–water partition coefficient (Wildman–Crippen LogP) is 3.11. The van der Waals surface area contributed by atoms with Crippen molar-refractivity contribution in [1.29, 1.82) is 0 Å². The third-order valence-electron chi connectivity index (χ3n) is 6.12. The molecule has 2 aromatic carbocycles. The van der Waals surface area contributed by atoms with Gasteiger partial charge in [0.1, 0.15) is 0 Å². The van der Waals surface area contributed by atoms with Crippen LogP contribution in [-0.4, -0.2) is 49.7 Å². The first-order valence-corrected chi connectivity index (χ1v) is 12.9. The Balaban J connectivity index is 1.51. The SMILES string of the molecule is CCNC(=O)NCc1ccc(C2OC(CSc3nnnn3C)C(C)C(c3ccc(CO)cc3)O2)cc1. The number of aliphatic hydroxyl groups excluding tert-OH is 1. The van der Waals surface area contributed by atoms with Crippen molar-refractivity contribution in [1.82, 2.24) is 30.8 Å². The quantitative estimate of drug-likeness (QED) is 0.374. The molecule has 1 aliphatic rings. The van der Waals surface area contributed by atoms with Gasteiger partial charge in [-0.15, -0.1) is 5.10 Å². The van der Waals surface area contributed by atoms with Gasteiger partial charge in [-0.1, -0.05) is 67.2 Å². The lowest BCUT2D eigenvalue weighted by Gasteiger charge is -2.41. The molecule has 3 N–H and O–H groups in total. The van der Waals surface area contributed by atoms with E-state index in [0.717, 1.165) is 27.4 Å². The summed E-state index contributed by atoms with van der Waals surface area (Å²) in [6.07, 6.45) is -0.872. The van der Waals surface area contributed by atoms with Crippen LogP contribution in [0.4, 0.5) is 4.79 Å². The summed E-state index contributed by atoms with van der Waals surface area (Å²) < 4.78 is 14.6. The molecule has 11 heteroatoms. The van der Waals surface area contributed by atoms with Crippen molar-refractivity contribution >= 4 is 17.8 Å². The lowest BCUT2D eigenvalue weighted by atomic mass is 9.91. The van der Waals surface area contributed by atoms with E-state index >= 15 is 0 Å². The van der Waals surface area contributed by atoms with Gasteiger partial charge in [-0.25, -0.2) is 9.48 Å². The monoisotopic (exact) mass is 512 g/mol. The van der Waals surface area contributed by atoms with E-state index in [1.54, 1.807) is 16.4 Å². The summed E-state index contributed by atoms with van der Waals surface area (Å²) in [4.78, 5) is 11.7. The molecule has 1 saturated heterocycles. The second kappa shape index (κ2) is 12.3. The van der Waals surface area contributed by atoms with Crippen LogP contribution >= 0.6 is 11.8 Å². The van der Waals surface area contributed by atoms with Gasteiger partial charge < -0.3 is 25.2 Å². The lowest BCUT2D eigenvalue weighted by Crippen LogP contribution is -2.38. The van der Waals surface area contributed by atoms with E-state index in [0.29, 0.717) is 18.8 Å². The number of urea groups is 1. The fourth-order valence-electron chi connectivity index (χ4n) is 4.01. The number of hydrogen-bond acceptors (Lipinski definition) is 8. The van der Waals surface area contributed by atoms with Gasteiger partial charge in [0.2, 0.25) is 5.16 Å². The van der Waals surface area contributed by atoms with Crippen LogP contribution < -0.4 is 10.6 Å². The second-order valence-corrected chi connectivity index (χ2v) is 9.66. The van der Waals surface area contributed by atoms with E-state index < -0.39 is 6.29 Å². The fourth-order valence-corrected chi connectivity index (χ4v) is 5.02. The molecule has 36 heavy (non-hydrogen) atoms. The van der Waals surface area contributed by atoms with Crippen molar-refractivity contribution < 1.29 is 19.4 Å². The first kappa shape index (κ1) is 26.1. The van der Waals surface area contributed by atoms with Gasteiger partial charge in [-0.05, 0) is 34.0 Å². The Morgan fingerprint density at radius 2 is 1.75 bits per heavy atom. The second-order valence-electron chi connectivity index (χ2n) is 8.67. The van der Waals surface area contributed by atoms with E-state index in [1.165, 1.54) is 0 Å². The highest BCUT2D eigenvalue weighted by Crippen LogP contribution is 2.42. The Bertz CT molecular complexity index is 1120. The number of nitrogens with zero attached hydrogens (tertiary/aromatic N) is 4. The summed E-state index contributed by atoms with van der Waals surface area (Å²) in [5, 5.41) is 27.4. The molecule has 10 nitrogen and oxygen atoms in total. The Morgan fingerprint density at radius 3 is 2.39 bits per heavy atom. The van der Waals surface area contributed by atoms with Gasteiger partial charge in [0.05, 0.1) is 18.8 Å². The molecule has 2 heterocycles. The molecule has 2 amide bonds. The number of aryl methyl sites for hydroxylation is 1. The van der Waals surface area contributed by atoms with Crippen LogP contribution in [0.15, 0.2) is 53.7 Å². The minimum Gasteiger partial charge on any atom is -0.392 e. The van der Waals surface area contributed by atoms with Crippen LogP contribution in [0.2, 0.25) is 0 Å². The first-order chi connectivity index (χ1) is 17.5. The zero-order valence-electron chi connectivity index (χ0n) is 20.6. The number of thioether (sulfide) groups is 1. The molecule has 0 bridgehead atoms. The zero-order chi connectivity index (χ0) is 25.5. The maximum Gasteiger partial charge on any atom is 0.315 e. The van der Waals surface area contributed by atoms with E-state index in [-0.39, 0.29) is 30.8 Å². The van der Waals surface area contributed by atoms with E-state index in [1.807, 2.05) is 62.5 Å². The molecule has 1 aliphatic heterocycles. The van der Waals surface area contributed by atoms with Crippen LogP contribution in [0.1, 0.15) is 48.5 Å². The van der Waals surface area contributed by atoms with Crippen molar-refractivity contribution in [2.75, 3.05) is 12.3 Å². The standard InChI is InChI=1S/C25H32N6O4S/c1-4-26-24(33)27-13-17-5-11-20(12-6-17)23-34-21(15-36-25-28-29-30-31(25)3)16(2)22(35-23)19-9-7-18(14-32)8-10-19/h5-12,16,21-23,32H,4,13-15H2,1-3H3,(H2,26,27,33). The number of carbonyl (C=O) groups is 1. The fraction of sp³-hybridized carbons (Fsp3) is 0.440. The number of rotatable bonds is 9. The van der Waals surface area contributed by atoms with Crippen molar-refractivity contribution in [3.8, 4) is 0 Å². The van der Waals surface area contributed by atoms with Crippen molar-refractivity contribution in [2.24, 2.45) is 13.0 Å². The van der Waals surface area contributed by atoms with Crippen LogP contribution in [-0.2, 0) is 29.7 Å². The molecule has 0 radical (unpaired) electrons. The third kappa shape index (κ3) is 6.41. The topological polar surface area (TPSA) is 123 Å². The van der Waals surface area contributed by atoms with Crippen molar-refractivity contribution in [3.05, 3.63) is 70.8 Å². The Hall–Kier alpha value is -2.99. The van der Waals surface area contributed by atoms with E-state index in [9.17, 15) is 9.90 Å². The number of tetrazole rings is 1. The molecule has 3 aromatic rings. The average Bonchev–Trinajstić information content (AvgIpc) is 3.32. The Kier molecular flexibility index (Phi) is 8.92. The number of nitrogens with one attached hydrogen (secondary N) is 2. The molecule has 192 valence electrons. The van der Waals surface area contributed by atoms with Crippen LogP contribution in [0.5, 0.6) is 0 Å². The number of hydrogen-bond donors (Lipinski definition) is 3. The molecule has 1 fully saturated rings. The summed E-state index contributed by atoms with van der Waals surface area (Å²) in [5.41, 5.74) is 3.77. The van der Waals surface area contributed by atoms with Gasteiger partial charge in [0.15, 0.2) is 6.29 Å². The molecular weight excluding hydrogens is 480 g/mol. The number of carbonyl (C=O) groups excluding carboxylic acids is 1. The third-order valence-corrected chi connectivity index (χ3v) is 7.22. The summed E-state index contributed by atoms with van der Waals surface area (Å²) in [6, 6.07) is 15.5. The lowest BCUT2D eigenvalue weighted by molar-refractivity contribution is -0.268. The summed E-state index contributed by atoms with van der Waals surface area (Å²) in [7, 11) is 1.81.